The normalized spacial score (nSPS) is 20.2. The van der Waals surface area contributed by atoms with Gasteiger partial charge in [-0.1, -0.05) is 57.2 Å². The molecular formula is C32H38N6O2. The number of rotatable bonds is 5. The van der Waals surface area contributed by atoms with Crippen molar-refractivity contribution >= 4 is 45.2 Å². The van der Waals surface area contributed by atoms with Crippen LogP contribution in [0.2, 0.25) is 0 Å². The number of nitrogens with one attached hydrogen (secondary N) is 4. The van der Waals surface area contributed by atoms with E-state index in [0.29, 0.717) is 6.54 Å². The largest absolute Gasteiger partial charge is 0.337 e. The quantitative estimate of drug-likeness (QED) is 0.221. The Balaban J connectivity index is 1.23. The van der Waals surface area contributed by atoms with Gasteiger partial charge in [-0.15, -0.1) is 0 Å². The fourth-order valence-electron chi connectivity index (χ4n) is 6.50. The molecule has 0 unspecified atom stereocenters. The first kappa shape index (κ1) is 27.4. The summed E-state index contributed by atoms with van der Waals surface area (Å²) in [6, 6.07) is 18.9. The van der Waals surface area contributed by atoms with E-state index in [1.54, 1.807) is 0 Å². The van der Waals surface area contributed by atoms with Gasteiger partial charge in [0.25, 0.3) is 0 Å². The van der Waals surface area contributed by atoms with Gasteiger partial charge in [0.1, 0.15) is 0 Å². The van der Waals surface area contributed by atoms with Gasteiger partial charge in [-0.05, 0) is 68.2 Å². The van der Waals surface area contributed by atoms with Crippen molar-refractivity contribution < 1.29 is 9.59 Å². The summed E-state index contributed by atoms with van der Waals surface area (Å²) in [6.45, 7) is 11.0. The van der Waals surface area contributed by atoms with Crippen LogP contribution in [0.1, 0.15) is 51.4 Å². The zero-order valence-corrected chi connectivity index (χ0v) is 23.9. The molecule has 1 fully saturated rings. The van der Waals surface area contributed by atoms with E-state index in [1.807, 2.05) is 74.5 Å². The molecule has 0 radical (unpaired) electrons. The van der Waals surface area contributed by atoms with Crippen molar-refractivity contribution in [3.8, 4) is 0 Å². The van der Waals surface area contributed by atoms with E-state index in [4.69, 9.17) is 0 Å². The van der Waals surface area contributed by atoms with Crippen LogP contribution in [-0.4, -0.2) is 34.6 Å². The van der Waals surface area contributed by atoms with Crippen LogP contribution in [0.3, 0.4) is 0 Å². The smallest absolute Gasteiger partial charge is 0.319 e. The van der Waals surface area contributed by atoms with Crippen LogP contribution >= 0.6 is 0 Å². The maximum absolute atomic E-state index is 13.1. The minimum Gasteiger partial charge on any atom is -0.337 e. The Labute approximate surface area is 235 Å². The second-order valence-electron chi connectivity index (χ2n) is 12.3. The highest BCUT2D eigenvalue weighted by atomic mass is 16.2. The predicted octanol–water partition coefficient (Wildman–Crippen LogP) is 6.93. The molecule has 1 aliphatic rings. The van der Waals surface area contributed by atoms with Crippen molar-refractivity contribution in [2.45, 2.75) is 59.9 Å². The number of benzene rings is 2. The number of aromatic nitrogens is 2. The molecule has 1 saturated carbocycles. The lowest BCUT2D eigenvalue weighted by Crippen LogP contribution is -2.51. The molecule has 8 heteroatoms. The molecule has 2 heterocycles. The Bertz CT molecular complexity index is 1580. The molecule has 5 rings (SSSR count). The molecule has 2 aromatic heterocycles. The average molecular weight is 539 g/mol. The van der Waals surface area contributed by atoms with Crippen LogP contribution in [0.25, 0.3) is 21.8 Å². The number of carbonyl (C=O) groups is 2. The highest BCUT2D eigenvalue weighted by Crippen LogP contribution is 2.45. The maximum atomic E-state index is 13.1. The summed E-state index contributed by atoms with van der Waals surface area (Å²) in [6.07, 6.45) is 2.56. The van der Waals surface area contributed by atoms with Crippen LogP contribution < -0.4 is 21.3 Å². The molecule has 4 N–H and O–H groups in total. The van der Waals surface area contributed by atoms with E-state index in [1.165, 1.54) is 0 Å². The molecule has 0 bridgehead atoms. The predicted molar refractivity (Wildman–Crippen MR) is 162 cm³/mol. The summed E-state index contributed by atoms with van der Waals surface area (Å²) in [5.74, 6) is 0. The van der Waals surface area contributed by atoms with Crippen molar-refractivity contribution in [3.63, 3.8) is 0 Å². The standard InChI is InChI=1S/C32H38N6O2/c1-20-14-27(23-10-6-8-12-25(23)34-20)37-29(39)33-19-32(5)17-22(16-31(3,4)18-32)36-30(40)38-28-15-21(2)35-26-13-9-7-11-24(26)28/h6-15,22H,16-19H2,1-5H3,(H2,33,34,37,39)(H2,35,36,38,40)/t22-,32+/m1/s1. The van der Waals surface area contributed by atoms with Crippen molar-refractivity contribution in [2.75, 3.05) is 17.2 Å². The van der Waals surface area contributed by atoms with Crippen LogP contribution in [0.4, 0.5) is 21.0 Å². The van der Waals surface area contributed by atoms with Crippen LogP contribution in [0, 0.1) is 24.7 Å². The molecule has 0 aliphatic heterocycles. The number of aryl methyl sites for hydroxylation is 2. The number of para-hydroxylation sites is 2. The van der Waals surface area contributed by atoms with Gasteiger partial charge in [0.05, 0.1) is 22.4 Å². The number of pyridine rings is 2. The molecule has 208 valence electrons. The molecular weight excluding hydrogens is 500 g/mol. The van der Waals surface area contributed by atoms with E-state index >= 15 is 0 Å². The van der Waals surface area contributed by atoms with Gasteiger partial charge in [0.2, 0.25) is 0 Å². The van der Waals surface area contributed by atoms with Gasteiger partial charge in [-0.25, -0.2) is 9.59 Å². The lowest BCUT2D eigenvalue weighted by molar-refractivity contribution is 0.0761. The number of hydrogen-bond donors (Lipinski definition) is 4. The topological polar surface area (TPSA) is 108 Å². The van der Waals surface area contributed by atoms with Crippen molar-refractivity contribution in [1.82, 2.24) is 20.6 Å². The number of fused-ring (bicyclic) bond motifs is 2. The zero-order chi connectivity index (χ0) is 28.5. The van der Waals surface area contributed by atoms with Gasteiger partial charge in [-0.2, -0.15) is 0 Å². The monoisotopic (exact) mass is 538 g/mol. The number of hydrogen-bond acceptors (Lipinski definition) is 4. The summed E-state index contributed by atoms with van der Waals surface area (Å²) in [5.41, 5.74) is 4.69. The molecule has 4 amide bonds. The Hall–Kier alpha value is -4.20. The van der Waals surface area contributed by atoms with E-state index in [9.17, 15) is 9.59 Å². The first-order valence-corrected chi connectivity index (χ1v) is 13.8. The minimum absolute atomic E-state index is 0.00146. The Kier molecular flexibility index (Phi) is 7.36. The second-order valence-corrected chi connectivity index (χ2v) is 12.3. The SMILES string of the molecule is Cc1cc(NC(=O)NC[C@@]2(C)C[C@H](NC(=O)Nc3cc(C)nc4ccccc34)CC(C)(C)C2)c2ccccc2n1. The maximum Gasteiger partial charge on any atom is 0.319 e. The van der Waals surface area contributed by atoms with Crippen molar-refractivity contribution in [3.05, 3.63) is 72.1 Å². The number of carbonyl (C=O) groups excluding carboxylic acids is 2. The molecule has 2 aromatic carbocycles. The number of nitrogens with zero attached hydrogens (tertiary/aromatic N) is 2. The summed E-state index contributed by atoms with van der Waals surface area (Å²) in [4.78, 5) is 35.2. The molecule has 2 atom stereocenters. The first-order valence-electron chi connectivity index (χ1n) is 13.8. The first-order chi connectivity index (χ1) is 19.0. The second kappa shape index (κ2) is 10.8. The number of anilines is 2. The third-order valence-corrected chi connectivity index (χ3v) is 7.64. The van der Waals surface area contributed by atoms with E-state index < -0.39 is 0 Å². The summed E-state index contributed by atoms with van der Waals surface area (Å²) < 4.78 is 0. The molecule has 40 heavy (non-hydrogen) atoms. The zero-order valence-electron chi connectivity index (χ0n) is 23.9. The Morgan fingerprint density at radius 3 is 1.90 bits per heavy atom. The van der Waals surface area contributed by atoms with Gasteiger partial charge in [-0.3, -0.25) is 9.97 Å². The van der Waals surface area contributed by atoms with Crippen molar-refractivity contribution in [1.29, 1.82) is 0 Å². The lowest BCUT2D eigenvalue weighted by Gasteiger charge is -2.46. The van der Waals surface area contributed by atoms with Gasteiger partial charge < -0.3 is 21.3 Å². The summed E-state index contributed by atoms with van der Waals surface area (Å²) in [5, 5.41) is 14.2. The number of amides is 4. The summed E-state index contributed by atoms with van der Waals surface area (Å²) >= 11 is 0. The van der Waals surface area contributed by atoms with E-state index in [0.717, 1.165) is 63.8 Å². The lowest BCUT2D eigenvalue weighted by atomic mass is 9.62. The van der Waals surface area contributed by atoms with Crippen molar-refractivity contribution in [2.24, 2.45) is 10.8 Å². The summed E-state index contributed by atoms with van der Waals surface area (Å²) in [7, 11) is 0. The van der Waals surface area contributed by atoms with Crippen LogP contribution in [0.5, 0.6) is 0 Å². The highest BCUT2D eigenvalue weighted by Gasteiger charge is 2.42. The fourth-order valence-corrected chi connectivity index (χ4v) is 6.50. The Morgan fingerprint density at radius 2 is 1.32 bits per heavy atom. The fraction of sp³-hybridized carbons (Fsp3) is 0.375. The minimum atomic E-state index is -0.248. The molecule has 8 nitrogen and oxygen atoms in total. The van der Waals surface area contributed by atoms with Gasteiger partial charge in [0, 0.05) is 34.7 Å². The van der Waals surface area contributed by atoms with E-state index in [-0.39, 0.29) is 28.9 Å². The highest BCUT2D eigenvalue weighted by molar-refractivity contribution is 6.01. The van der Waals surface area contributed by atoms with Crippen LogP contribution in [0.15, 0.2) is 60.7 Å². The molecule has 1 aliphatic carbocycles. The van der Waals surface area contributed by atoms with Crippen LogP contribution in [-0.2, 0) is 0 Å². The third kappa shape index (κ3) is 6.33. The molecule has 0 spiro atoms. The van der Waals surface area contributed by atoms with Gasteiger partial charge >= 0.3 is 12.1 Å². The average Bonchev–Trinajstić information content (AvgIpc) is 2.86. The van der Waals surface area contributed by atoms with E-state index in [2.05, 4.69) is 52.0 Å². The van der Waals surface area contributed by atoms with Gasteiger partial charge in [0.15, 0.2) is 0 Å². The Morgan fingerprint density at radius 1 is 0.800 bits per heavy atom. The molecule has 0 saturated heterocycles. The third-order valence-electron chi connectivity index (χ3n) is 7.64. The number of urea groups is 2. The molecule has 4 aromatic rings.